The van der Waals surface area contributed by atoms with E-state index in [0.29, 0.717) is 23.5 Å². The molecule has 0 spiro atoms. The highest BCUT2D eigenvalue weighted by Gasteiger charge is 2.17. The molecule has 0 aliphatic rings. The molecule has 1 aromatic carbocycles. The molecule has 0 aliphatic carbocycles. The van der Waals surface area contributed by atoms with Gasteiger partial charge in [-0.3, -0.25) is 0 Å². The first-order valence-electron chi connectivity index (χ1n) is 6.29. The van der Waals surface area contributed by atoms with Crippen LogP contribution in [0.2, 0.25) is 0 Å². The Morgan fingerprint density at radius 3 is 2.76 bits per heavy atom. The number of terminal acetylenes is 1. The van der Waals surface area contributed by atoms with Crippen LogP contribution in [0.1, 0.15) is 22.8 Å². The van der Waals surface area contributed by atoms with Crippen molar-refractivity contribution >= 4 is 27.8 Å². The van der Waals surface area contributed by atoms with Crippen LogP contribution >= 0.6 is 11.8 Å². The van der Waals surface area contributed by atoms with Crippen molar-refractivity contribution in [3.63, 3.8) is 0 Å². The fraction of sp³-hybridized carbons (Fsp3) is 0.357. The summed E-state index contributed by atoms with van der Waals surface area (Å²) in [5, 5.41) is 9.12. The largest absolute Gasteiger partial charge is 0.478 e. The molecule has 0 radical (unpaired) electrons. The number of rotatable bonds is 8. The number of sulfonamides is 1. The minimum absolute atomic E-state index is 0.0158. The zero-order valence-electron chi connectivity index (χ0n) is 11.6. The highest BCUT2D eigenvalue weighted by molar-refractivity contribution is 7.99. The molecule has 2 N–H and O–H groups in total. The first-order valence-corrected chi connectivity index (χ1v) is 8.93. The molecule has 21 heavy (non-hydrogen) atoms. The van der Waals surface area contributed by atoms with Crippen LogP contribution in [0.3, 0.4) is 0 Å². The average molecular weight is 327 g/mol. The molecule has 0 saturated heterocycles. The van der Waals surface area contributed by atoms with Crippen molar-refractivity contribution in [1.82, 2.24) is 4.72 Å². The van der Waals surface area contributed by atoms with Gasteiger partial charge in [0.05, 0.1) is 16.2 Å². The number of aromatic carboxylic acids is 1. The van der Waals surface area contributed by atoms with E-state index in [1.807, 2.05) is 6.92 Å². The molecule has 1 aromatic rings. The zero-order valence-corrected chi connectivity index (χ0v) is 13.3. The van der Waals surface area contributed by atoms with Crippen molar-refractivity contribution in [3.8, 4) is 12.3 Å². The Kier molecular flexibility index (Phi) is 6.75. The number of hydrogen-bond donors (Lipinski definition) is 2. The van der Waals surface area contributed by atoms with Gasteiger partial charge in [0.1, 0.15) is 0 Å². The van der Waals surface area contributed by atoms with Crippen LogP contribution < -0.4 is 4.72 Å². The highest BCUT2D eigenvalue weighted by Crippen LogP contribution is 2.17. The number of carboxylic acids is 1. The van der Waals surface area contributed by atoms with E-state index in [-0.39, 0.29) is 17.0 Å². The molecule has 0 amide bonds. The maximum Gasteiger partial charge on any atom is 0.336 e. The Morgan fingerprint density at radius 1 is 1.48 bits per heavy atom. The molecule has 0 aliphatic heterocycles. The summed E-state index contributed by atoms with van der Waals surface area (Å²) < 4.78 is 26.6. The Bertz CT molecular complexity index is 647. The van der Waals surface area contributed by atoms with Crippen molar-refractivity contribution in [2.75, 3.05) is 18.1 Å². The van der Waals surface area contributed by atoms with Gasteiger partial charge in [0.15, 0.2) is 0 Å². The molecular formula is C14H17NO4S2. The summed E-state index contributed by atoms with van der Waals surface area (Å²) >= 11 is 1.45. The van der Waals surface area contributed by atoms with Gasteiger partial charge >= 0.3 is 5.97 Å². The number of thioether (sulfide) groups is 1. The van der Waals surface area contributed by atoms with Gasteiger partial charge in [-0.25, -0.2) is 17.9 Å². The normalized spacial score (nSPS) is 11.0. The predicted octanol–water partition coefficient (Wildman–Crippen LogP) is 1.59. The zero-order chi connectivity index (χ0) is 15.9. The number of aryl methyl sites for hydroxylation is 1. The monoisotopic (exact) mass is 327 g/mol. The lowest BCUT2D eigenvalue weighted by atomic mass is 10.1. The third-order valence-corrected chi connectivity index (χ3v) is 5.05. The number of carbonyl (C=O) groups is 1. The van der Waals surface area contributed by atoms with Crippen molar-refractivity contribution < 1.29 is 18.3 Å². The number of hydrogen-bond acceptors (Lipinski definition) is 4. The van der Waals surface area contributed by atoms with Gasteiger partial charge in [0.2, 0.25) is 10.0 Å². The molecular weight excluding hydrogens is 310 g/mol. The number of nitrogens with one attached hydrogen (secondary N) is 1. The average Bonchev–Trinajstić information content (AvgIpc) is 2.46. The molecule has 5 nitrogen and oxygen atoms in total. The minimum atomic E-state index is -3.71. The van der Waals surface area contributed by atoms with Gasteiger partial charge < -0.3 is 5.11 Å². The second kappa shape index (κ2) is 8.08. The van der Waals surface area contributed by atoms with Crippen molar-refractivity contribution in [2.45, 2.75) is 18.2 Å². The van der Waals surface area contributed by atoms with Crippen LogP contribution in [0.25, 0.3) is 0 Å². The SMILES string of the molecule is C#CCSCCNS(=O)(=O)c1ccc(CC)c(C(=O)O)c1. The highest BCUT2D eigenvalue weighted by atomic mass is 32.2. The number of carboxylic acid groups (broad SMARTS) is 1. The summed E-state index contributed by atoms with van der Waals surface area (Å²) in [6, 6.07) is 4.14. The molecule has 114 valence electrons. The van der Waals surface area contributed by atoms with Gasteiger partial charge in [-0.05, 0) is 24.1 Å². The Labute approximate surface area is 129 Å². The van der Waals surface area contributed by atoms with E-state index < -0.39 is 16.0 Å². The summed E-state index contributed by atoms with van der Waals surface area (Å²) in [5.41, 5.74) is 0.619. The summed E-state index contributed by atoms with van der Waals surface area (Å²) in [6.07, 6.45) is 5.62. The van der Waals surface area contributed by atoms with Gasteiger partial charge in [0.25, 0.3) is 0 Å². The summed E-state index contributed by atoms with van der Waals surface area (Å²) in [6.45, 7) is 2.06. The minimum Gasteiger partial charge on any atom is -0.478 e. The van der Waals surface area contributed by atoms with Crippen LogP contribution in [0.4, 0.5) is 0 Å². The molecule has 0 aromatic heterocycles. The van der Waals surface area contributed by atoms with Crippen LogP contribution in [0.15, 0.2) is 23.1 Å². The quantitative estimate of drug-likeness (QED) is 0.560. The fourth-order valence-corrected chi connectivity index (χ4v) is 3.39. The van der Waals surface area contributed by atoms with Crippen LogP contribution in [0.5, 0.6) is 0 Å². The lowest BCUT2D eigenvalue weighted by Gasteiger charge is -2.09. The third kappa shape index (κ3) is 5.08. The number of benzene rings is 1. The maximum atomic E-state index is 12.1. The standard InChI is InChI=1S/C14H17NO4S2/c1-3-8-20-9-7-15-21(18,19)12-6-5-11(4-2)13(10-12)14(16)17/h1,5-6,10,15H,4,7-9H2,2H3,(H,16,17). The fourth-order valence-electron chi connectivity index (χ4n) is 1.69. The van der Waals surface area contributed by atoms with Crippen LogP contribution in [-0.2, 0) is 16.4 Å². The second-order valence-electron chi connectivity index (χ2n) is 4.13. The lowest BCUT2D eigenvalue weighted by molar-refractivity contribution is 0.0695. The van der Waals surface area contributed by atoms with Crippen molar-refractivity contribution in [3.05, 3.63) is 29.3 Å². The molecule has 0 atom stereocenters. The Morgan fingerprint density at radius 2 is 2.19 bits per heavy atom. The smallest absolute Gasteiger partial charge is 0.336 e. The molecule has 0 bridgehead atoms. The molecule has 7 heteroatoms. The third-order valence-electron chi connectivity index (χ3n) is 2.73. The molecule has 1 rings (SSSR count). The maximum absolute atomic E-state index is 12.1. The van der Waals surface area contributed by atoms with Crippen LogP contribution in [-0.4, -0.2) is 37.5 Å². The summed E-state index contributed by atoms with van der Waals surface area (Å²) in [4.78, 5) is 11.1. The van der Waals surface area contributed by atoms with E-state index in [1.54, 1.807) is 0 Å². The molecule has 0 heterocycles. The molecule has 0 unspecified atom stereocenters. The lowest BCUT2D eigenvalue weighted by Crippen LogP contribution is -2.26. The predicted molar refractivity (Wildman–Crippen MR) is 84.1 cm³/mol. The van der Waals surface area contributed by atoms with E-state index >= 15 is 0 Å². The van der Waals surface area contributed by atoms with Gasteiger partial charge in [-0.1, -0.05) is 18.9 Å². The Hall–Kier alpha value is -1.49. The Balaban J connectivity index is 2.86. The first kappa shape index (κ1) is 17.6. The summed E-state index contributed by atoms with van der Waals surface area (Å²) in [5.74, 6) is 2.40. The topological polar surface area (TPSA) is 83.5 Å². The van der Waals surface area contributed by atoms with Crippen molar-refractivity contribution in [2.24, 2.45) is 0 Å². The molecule has 0 fully saturated rings. The van der Waals surface area contributed by atoms with E-state index in [4.69, 9.17) is 11.5 Å². The van der Waals surface area contributed by atoms with E-state index in [9.17, 15) is 13.2 Å². The summed E-state index contributed by atoms with van der Waals surface area (Å²) in [7, 11) is -3.71. The van der Waals surface area contributed by atoms with Gasteiger partial charge in [-0.2, -0.15) is 0 Å². The van der Waals surface area contributed by atoms with E-state index in [0.717, 1.165) is 0 Å². The van der Waals surface area contributed by atoms with Crippen LogP contribution in [0, 0.1) is 12.3 Å². The van der Waals surface area contributed by atoms with Crippen molar-refractivity contribution in [1.29, 1.82) is 0 Å². The van der Waals surface area contributed by atoms with Gasteiger partial charge in [0, 0.05) is 12.3 Å². The second-order valence-corrected chi connectivity index (χ2v) is 7.00. The first-order chi connectivity index (χ1) is 9.92. The van der Waals surface area contributed by atoms with E-state index in [2.05, 4.69) is 10.6 Å². The molecule has 0 saturated carbocycles. The van der Waals surface area contributed by atoms with E-state index in [1.165, 1.54) is 30.0 Å². The van der Waals surface area contributed by atoms with Gasteiger partial charge in [-0.15, -0.1) is 18.2 Å².